The third-order valence-electron chi connectivity index (χ3n) is 2.52. The number of rotatable bonds is 5. The summed E-state index contributed by atoms with van der Waals surface area (Å²) in [6.45, 7) is 4.53. The van der Waals surface area contributed by atoms with Crippen LogP contribution in [-0.2, 0) is 6.54 Å². The van der Waals surface area contributed by atoms with E-state index in [0.29, 0.717) is 19.5 Å². The molecule has 0 fully saturated rings. The highest BCUT2D eigenvalue weighted by Crippen LogP contribution is 2.15. The van der Waals surface area contributed by atoms with Gasteiger partial charge in [0.2, 0.25) is 0 Å². The van der Waals surface area contributed by atoms with Crippen LogP contribution in [0.2, 0.25) is 5.02 Å². The molecule has 0 aliphatic heterocycles. The van der Waals surface area contributed by atoms with Gasteiger partial charge in [-0.15, -0.1) is 0 Å². The molecule has 1 atom stereocenters. The molecular weight excluding hydrogens is 252 g/mol. The van der Waals surface area contributed by atoms with Crippen molar-refractivity contribution in [3.05, 3.63) is 34.3 Å². The molecule has 0 aromatic heterocycles. The van der Waals surface area contributed by atoms with Gasteiger partial charge in [-0.1, -0.05) is 23.7 Å². The predicted molar refractivity (Wildman–Crippen MR) is 72.7 cm³/mol. The summed E-state index contributed by atoms with van der Waals surface area (Å²) in [7, 11) is 0. The highest BCUT2D eigenvalue weighted by molar-refractivity contribution is 6.31. The normalized spacial score (nSPS) is 12.0. The minimum atomic E-state index is -0.399. The van der Waals surface area contributed by atoms with Crippen molar-refractivity contribution in [2.24, 2.45) is 0 Å². The molecule has 4 nitrogen and oxygen atoms in total. The summed E-state index contributed by atoms with van der Waals surface area (Å²) in [5, 5.41) is 15.2. The lowest BCUT2D eigenvalue weighted by molar-refractivity contribution is 0.183. The van der Waals surface area contributed by atoms with E-state index in [-0.39, 0.29) is 6.03 Å². The Morgan fingerprint density at radius 1 is 1.44 bits per heavy atom. The maximum Gasteiger partial charge on any atom is 0.315 e. The fourth-order valence-electron chi connectivity index (χ4n) is 1.46. The molecule has 0 unspecified atom stereocenters. The molecule has 0 saturated carbocycles. The number of aryl methyl sites for hydroxylation is 1. The van der Waals surface area contributed by atoms with Crippen molar-refractivity contribution in [1.82, 2.24) is 10.6 Å². The standard InChI is InChI=1S/C13H19ClN2O2/c1-9-7-11(3-4-12(9)14)8-16-13(18)15-6-5-10(2)17/h3-4,7,10,17H,5-6,8H2,1-2H3,(H2,15,16,18)/t10-/m1/s1. The molecule has 100 valence electrons. The van der Waals surface area contributed by atoms with Crippen LogP contribution < -0.4 is 10.6 Å². The fourth-order valence-corrected chi connectivity index (χ4v) is 1.57. The maximum absolute atomic E-state index is 11.4. The summed E-state index contributed by atoms with van der Waals surface area (Å²) >= 11 is 5.92. The number of hydrogen-bond acceptors (Lipinski definition) is 2. The summed E-state index contributed by atoms with van der Waals surface area (Å²) in [4.78, 5) is 11.4. The molecule has 0 saturated heterocycles. The van der Waals surface area contributed by atoms with Crippen LogP contribution >= 0.6 is 11.6 Å². The first-order valence-corrected chi connectivity index (χ1v) is 6.31. The summed E-state index contributed by atoms with van der Waals surface area (Å²) in [5.41, 5.74) is 1.99. The number of nitrogens with one attached hydrogen (secondary N) is 2. The Bertz CT molecular complexity index is 408. The molecule has 5 heteroatoms. The molecule has 1 rings (SSSR count). The Balaban J connectivity index is 2.31. The molecule has 0 radical (unpaired) electrons. The van der Waals surface area contributed by atoms with Gasteiger partial charge in [0, 0.05) is 18.1 Å². The minimum absolute atomic E-state index is 0.233. The molecule has 3 N–H and O–H groups in total. The van der Waals surface area contributed by atoms with Gasteiger partial charge in [-0.3, -0.25) is 0 Å². The Labute approximate surface area is 112 Å². The Kier molecular flexibility index (Phi) is 5.95. The highest BCUT2D eigenvalue weighted by atomic mass is 35.5. The lowest BCUT2D eigenvalue weighted by atomic mass is 10.1. The van der Waals surface area contributed by atoms with Gasteiger partial charge < -0.3 is 15.7 Å². The first-order valence-electron chi connectivity index (χ1n) is 5.94. The first kappa shape index (κ1) is 14.8. The molecule has 0 bridgehead atoms. The van der Waals surface area contributed by atoms with Gasteiger partial charge in [0.25, 0.3) is 0 Å². The van der Waals surface area contributed by atoms with Gasteiger partial charge in [-0.2, -0.15) is 0 Å². The van der Waals surface area contributed by atoms with Crippen LogP contribution in [0, 0.1) is 6.92 Å². The summed E-state index contributed by atoms with van der Waals surface area (Å²) in [5.74, 6) is 0. The second kappa shape index (κ2) is 7.24. The van der Waals surface area contributed by atoms with Crippen LogP contribution in [0.25, 0.3) is 0 Å². The summed E-state index contributed by atoms with van der Waals surface area (Å²) in [6, 6.07) is 5.41. The van der Waals surface area contributed by atoms with Crippen LogP contribution in [0.15, 0.2) is 18.2 Å². The fraction of sp³-hybridized carbons (Fsp3) is 0.462. The monoisotopic (exact) mass is 270 g/mol. The molecule has 0 aliphatic rings. The molecule has 0 spiro atoms. The average Bonchev–Trinajstić information content (AvgIpc) is 2.30. The van der Waals surface area contributed by atoms with Gasteiger partial charge in [0.15, 0.2) is 0 Å². The van der Waals surface area contributed by atoms with E-state index < -0.39 is 6.10 Å². The van der Waals surface area contributed by atoms with Crippen LogP contribution in [0.1, 0.15) is 24.5 Å². The third kappa shape index (κ3) is 5.38. The van der Waals surface area contributed by atoms with Crippen molar-refractivity contribution in [1.29, 1.82) is 0 Å². The maximum atomic E-state index is 11.4. The molecular formula is C13H19ClN2O2. The Morgan fingerprint density at radius 3 is 2.78 bits per heavy atom. The molecule has 0 heterocycles. The second-order valence-corrected chi connectivity index (χ2v) is 4.74. The zero-order valence-corrected chi connectivity index (χ0v) is 11.4. The van der Waals surface area contributed by atoms with Gasteiger partial charge in [0.05, 0.1) is 6.10 Å². The number of aliphatic hydroxyl groups excluding tert-OH is 1. The van der Waals surface area contributed by atoms with Crippen LogP contribution in [0.5, 0.6) is 0 Å². The quantitative estimate of drug-likeness (QED) is 0.768. The largest absolute Gasteiger partial charge is 0.393 e. The van der Waals surface area contributed by atoms with E-state index in [1.165, 1.54) is 0 Å². The van der Waals surface area contributed by atoms with E-state index in [2.05, 4.69) is 10.6 Å². The molecule has 0 aliphatic carbocycles. The Hall–Kier alpha value is -1.26. The van der Waals surface area contributed by atoms with E-state index in [4.69, 9.17) is 16.7 Å². The predicted octanol–water partition coefficient (Wildman–Crippen LogP) is 2.22. The van der Waals surface area contributed by atoms with Crippen LogP contribution in [0.4, 0.5) is 4.79 Å². The number of benzene rings is 1. The smallest absolute Gasteiger partial charge is 0.315 e. The van der Waals surface area contributed by atoms with Gasteiger partial charge in [-0.05, 0) is 37.5 Å². The van der Waals surface area contributed by atoms with Gasteiger partial charge >= 0.3 is 6.03 Å². The van der Waals surface area contributed by atoms with E-state index in [1.807, 2.05) is 25.1 Å². The number of halogens is 1. The van der Waals surface area contributed by atoms with Crippen LogP contribution in [0.3, 0.4) is 0 Å². The third-order valence-corrected chi connectivity index (χ3v) is 2.95. The minimum Gasteiger partial charge on any atom is -0.393 e. The average molecular weight is 271 g/mol. The summed E-state index contributed by atoms with van der Waals surface area (Å²) in [6.07, 6.45) is 0.150. The molecule has 1 aromatic carbocycles. The van der Waals surface area contributed by atoms with Crippen LogP contribution in [-0.4, -0.2) is 23.8 Å². The van der Waals surface area contributed by atoms with Gasteiger partial charge in [0.1, 0.15) is 0 Å². The van der Waals surface area contributed by atoms with Crippen molar-refractivity contribution >= 4 is 17.6 Å². The van der Waals surface area contributed by atoms with E-state index >= 15 is 0 Å². The van der Waals surface area contributed by atoms with Crippen molar-refractivity contribution in [2.75, 3.05) is 6.54 Å². The van der Waals surface area contributed by atoms with Gasteiger partial charge in [-0.25, -0.2) is 4.79 Å². The SMILES string of the molecule is Cc1cc(CNC(=O)NCC[C@@H](C)O)ccc1Cl. The topological polar surface area (TPSA) is 61.4 Å². The molecule has 2 amide bonds. The number of amides is 2. The van der Waals surface area contributed by atoms with Crippen molar-refractivity contribution in [3.8, 4) is 0 Å². The van der Waals surface area contributed by atoms with E-state index in [1.54, 1.807) is 6.92 Å². The van der Waals surface area contributed by atoms with Crippen molar-refractivity contribution < 1.29 is 9.90 Å². The second-order valence-electron chi connectivity index (χ2n) is 4.33. The highest BCUT2D eigenvalue weighted by Gasteiger charge is 2.02. The number of urea groups is 1. The number of aliphatic hydroxyl groups is 1. The van der Waals surface area contributed by atoms with E-state index in [9.17, 15) is 4.79 Å². The zero-order chi connectivity index (χ0) is 13.5. The molecule has 1 aromatic rings. The first-order chi connectivity index (χ1) is 8.49. The Morgan fingerprint density at radius 2 is 2.17 bits per heavy atom. The number of carbonyl (C=O) groups excluding carboxylic acids is 1. The summed E-state index contributed by atoms with van der Waals surface area (Å²) < 4.78 is 0. The lowest BCUT2D eigenvalue weighted by Gasteiger charge is -2.09. The van der Waals surface area contributed by atoms with E-state index in [0.717, 1.165) is 16.1 Å². The zero-order valence-electron chi connectivity index (χ0n) is 10.7. The molecule has 18 heavy (non-hydrogen) atoms. The van der Waals surface area contributed by atoms with Crippen molar-refractivity contribution in [3.63, 3.8) is 0 Å². The number of carbonyl (C=O) groups is 1. The van der Waals surface area contributed by atoms with Crippen molar-refractivity contribution in [2.45, 2.75) is 32.9 Å². The number of hydrogen-bond donors (Lipinski definition) is 3. The lowest BCUT2D eigenvalue weighted by Crippen LogP contribution is -2.36.